The Labute approximate surface area is 106 Å². The number of hydrogen-bond donors (Lipinski definition) is 0. The predicted molar refractivity (Wildman–Crippen MR) is 70.9 cm³/mol. The Kier molecular flexibility index (Phi) is 4.82. The van der Waals surface area contributed by atoms with Gasteiger partial charge in [-0.25, -0.2) is 0 Å². The number of rotatable bonds is 7. The van der Waals surface area contributed by atoms with Crippen LogP contribution >= 0.6 is 8.81 Å². The zero-order valence-corrected chi connectivity index (χ0v) is 12.1. The second kappa shape index (κ2) is 5.97. The minimum absolute atomic E-state index is 0.329. The molecule has 0 bridgehead atoms. The molecule has 17 heavy (non-hydrogen) atoms. The first-order chi connectivity index (χ1) is 8.24. The lowest BCUT2D eigenvalue weighted by Gasteiger charge is -2.41. The second-order valence-electron chi connectivity index (χ2n) is 5.48. The molecule has 0 aromatic heterocycles. The molecule has 4 heteroatoms. The molecule has 0 spiro atoms. The number of hydrogen-bond acceptors (Lipinski definition) is 3. The van der Waals surface area contributed by atoms with Crippen LogP contribution in [0.3, 0.4) is 0 Å². The molecule has 100 valence electrons. The van der Waals surface area contributed by atoms with E-state index in [2.05, 4.69) is 13.8 Å². The normalized spacial score (nSPS) is 32.8. The molecular formula is C13H25O3P. The maximum atomic E-state index is 5.92. The fourth-order valence-corrected chi connectivity index (χ4v) is 3.45. The average molecular weight is 260 g/mol. The lowest BCUT2D eigenvalue weighted by Crippen LogP contribution is -2.43. The van der Waals surface area contributed by atoms with Crippen molar-refractivity contribution in [2.45, 2.75) is 44.7 Å². The van der Waals surface area contributed by atoms with Crippen molar-refractivity contribution in [3.05, 3.63) is 0 Å². The second-order valence-corrected chi connectivity index (χ2v) is 7.04. The van der Waals surface area contributed by atoms with Gasteiger partial charge in [0.2, 0.25) is 0 Å². The summed E-state index contributed by atoms with van der Waals surface area (Å²) in [6.07, 6.45) is 4.70. The zero-order chi connectivity index (χ0) is 12.2. The fraction of sp³-hybridized carbons (Fsp3) is 1.00. The van der Waals surface area contributed by atoms with Crippen molar-refractivity contribution < 1.29 is 14.0 Å². The van der Waals surface area contributed by atoms with Crippen LogP contribution in [0.5, 0.6) is 0 Å². The van der Waals surface area contributed by atoms with Gasteiger partial charge in [-0.3, -0.25) is 0 Å². The fourth-order valence-electron chi connectivity index (χ4n) is 2.43. The van der Waals surface area contributed by atoms with E-state index in [0.29, 0.717) is 19.4 Å². The van der Waals surface area contributed by atoms with Crippen molar-refractivity contribution in [3.8, 4) is 0 Å². The van der Waals surface area contributed by atoms with E-state index < -0.39 is 0 Å². The smallest absolute Gasteiger partial charge is 0.0581 e. The van der Waals surface area contributed by atoms with Crippen molar-refractivity contribution in [3.63, 3.8) is 0 Å². The summed E-state index contributed by atoms with van der Waals surface area (Å²) in [4.78, 5) is 0. The minimum atomic E-state index is 0.329. The molecule has 2 saturated heterocycles. The van der Waals surface area contributed by atoms with Gasteiger partial charge in [-0.1, -0.05) is 13.8 Å². The molecule has 2 unspecified atom stereocenters. The highest BCUT2D eigenvalue weighted by Gasteiger charge is 2.37. The molecule has 2 fully saturated rings. The Hall–Kier alpha value is 0.310. The van der Waals surface area contributed by atoms with Crippen LogP contribution in [-0.2, 0) is 14.0 Å². The van der Waals surface area contributed by atoms with E-state index in [9.17, 15) is 0 Å². The van der Waals surface area contributed by atoms with Gasteiger partial charge in [0, 0.05) is 26.0 Å². The van der Waals surface area contributed by atoms with E-state index in [1.165, 1.54) is 19.3 Å². The SMILES string of the molecule is CCC1(CCOCC2(CC)CCOP2)COC1. The number of ether oxygens (including phenoxy) is 2. The molecule has 2 heterocycles. The van der Waals surface area contributed by atoms with Crippen molar-refractivity contribution >= 4 is 8.81 Å². The average Bonchev–Trinajstić information content (AvgIpc) is 2.77. The van der Waals surface area contributed by atoms with E-state index in [0.717, 1.165) is 39.5 Å². The highest BCUT2D eigenvalue weighted by Crippen LogP contribution is 2.45. The Morgan fingerprint density at radius 2 is 2.06 bits per heavy atom. The Balaban J connectivity index is 1.65. The van der Waals surface area contributed by atoms with Gasteiger partial charge in [0.05, 0.1) is 26.4 Å². The van der Waals surface area contributed by atoms with Crippen LogP contribution in [0.15, 0.2) is 0 Å². The molecule has 0 radical (unpaired) electrons. The van der Waals surface area contributed by atoms with Gasteiger partial charge >= 0.3 is 0 Å². The van der Waals surface area contributed by atoms with Crippen LogP contribution in [0.25, 0.3) is 0 Å². The third-order valence-corrected chi connectivity index (χ3v) is 5.90. The van der Waals surface area contributed by atoms with Gasteiger partial charge in [0.1, 0.15) is 0 Å². The summed E-state index contributed by atoms with van der Waals surface area (Å²) >= 11 is 0. The maximum Gasteiger partial charge on any atom is 0.0581 e. The predicted octanol–water partition coefficient (Wildman–Crippen LogP) is 2.98. The molecule has 0 amide bonds. The lowest BCUT2D eigenvalue weighted by molar-refractivity contribution is -0.128. The minimum Gasteiger partial charge on any atom is -0.380 e. The first-order valence-electron chi connectivity index (χ1n) is 6.79. The lowest BCUT2D eigenvalue weighted by atomic mass is 9.80. The molecule has 0 N–H and O–H groups in total. The summed E-state index contributed by atoms with van der Waals surface area (Å²) in [6, 6.07) is 0. The van der Waals surface area contributed by atoms with Crippen LogP contribution in [0.2, 0.25) is 0 Å². The molecule has 0 aromatic carbocycles. The van der Waals surface area contributed by atoms with Gasteiger partial charge in [-0.15, -0.1) is 0 Å². The summed E-state index contributed by atoms with van der Waals surface area (Å²) in [5, 5.41) is 0.329. The first-order valence-corrected chi connectivity index (χ1v) is 7.69. The monoisotopic (exact) mass is 260 g/mol. The van der Waals surface area contributed by atoms with E-state index in [-0.39, 0.29) is 0 Å². The standard InChI is InChI=1S/C13H25O3P/c1-3-12(9-15-10-12)5-7-14-11-13(4-2)6-8-16-17-13/h17H,3-11H2,1-2H3. The molecule has 2 rings (SSSR count). The summed E-state index contributed by atoms with van der Waals surface area (Å²) in [5.74, 6) is 0. The van der Waals surface area contributed by atoms with Crippen LogP contribution in [0.1, 0.15) is 39.5 Å². The highest BCUT2D eigenvalue weighted by molar-refractivity contribution is 7.34. The van der Waals surface area contributed by atoms with Gasteiger partial charge in [0.25, 0.3) is 0 Å². The highest BCUT2D eigenvalue weighted by atomic mass is 31.1. The summed E-state index contributed by atoms with van der Waals surface area (Å²) in [6.45, 7) is 9.03. The first kappa shape index (κ1) is 13.7. The Morgan fingerprint density at radius 1 is 1.24 bits per heavy atom. The zero-order valence-electron chi connectivity index (χ0n) is 11.1. The molecule has 0 saturated carbocycles. The van der Waals surface area contributed by atoms with Crippen molar-refractivity contribution in [2.24, 2.45) is 5.41 Å². The van der Waals surface area contributed by atoms with Gasteiger partial charge in [-0.05, 0) is 25.7 Å². The molecule has 2 aliphatic rings. The van der Waals surface area contributed by atoms with Crippen LogP contribution in [-0.4, -0.2) is 38.2 Å². The molecule has 2 atom stereocenters. The summed E-state index contributed by atoms with van der Waals surface area (Å²) in [7, 11) is 0.633. The third-order valence-electron chi connectivity index (χ3n) is 4.37. The topological polar surface area (TPSA) is 27.7 Å². The van der Waals surface area contributed by atoms with Crippen LogP contribution in [0.4, 0.5) is 0 Å². The Morgan fingerprint density at radius 3 is 2.53 bits per heavy atom. The van der Waals surface area contributed by atoms with Gasteiger partial charge in [-0.2, -0.15) is 0 Å². The van der Waals surface area contributed by atoms with E-state index in [1.54, 1.807) is 0 Å². The van der Waals surface area contributed by atoms with E-state index >= 15 is 0 Å². The summed E-state index contributed by atoms with van der Waals surface area (Å²) < 4.78 is 16.8. The third kappa shape index (κ3) is 3.20. The molecule has 0 aliphatic carbocycles. The Bertz CT molecular complexity index is 229. The van der Waals surface area contributed by atoms with Crippen molar-refractivity contribution in [1.82, 2.24) is 0 Å². The van der Waals surface area contributed by atoms with E-state index in [1.807, 2.05) is 0 Å². The van der Waals surface area contributed by atoms with Crippen molar-refractivity contribution in [2.75, 3.05) is 33.0 Å². The largest absolute Gasteiger partial charge is 0.380 e. The van der Waals surface area contributed by atoms with Gasteiger partial charge < -0.3 is 14.0 Å². The van der Waals surface area contributed by atoms with Crippen LogP contribution in [0, 0.1) is 5.41 Å². The van der Waals surface area contributed by atoms with Crippen molar-refractivity contribution in [1.29, 1.82) is 0 Å². The van der Waals surface area contributed by atoms with Gasteiger partial charge in [0.15, 0.2) is 0 Å². The molecule has 3 nitrogen and oxygen atoms in total. The molecular weight excluding hydrogens is 235 g/mol. The molecule has 0 aromatic rings. The quantitative estimate of drug-likeness (QED) is 0.520. The van der Waals surface area contributed by atoms with Crippen LogP contribution < -0.4 is 0 Å². The molecule has 2 aliphatic heterocycles. The van der Waals surface area contributed by atoms with E-state index in [4.69, 9.17) is 14.0 Å². The maximum absolute atomic E-state index is 5.92. The summed E-state index contributed by atoms with van der Waals surface area (Å²) in [5.41, 5.74) is 0.424.